The predicted molar refractivity (Wildman–Crippen MR) is 105 cm³/mol. The minimum Gasteiger partial charge on any atom is -0.479 e. The average molecular weight is 419 g/mol. The van der Waals surface area contributed by atoms with Crippen LogP contribution < -0.4 is 10.1 Å². The number of ether oxygens (including phenoxy) is 2. The van der Waals surface area contributed by atoms with Gasteiger partial charge in [0.05, 0.1) is 0 Å². The summed E-state index contributed by atoms with van der Waals surface area (Å²) in [6, 6.07) is 6.37. The van der Waals surface area contributed by atoms with Crippen LogP contribution in [0.25, 0.3) is 0 Å². The number of benzene rings is 1. The van der Waals surface area contributed by atoms with Crippen LogP contribution in [0.2, 0.25) is 0 Å². The first kappa shape index (κ1) is 20.2. The SMILES string of the molecule is O=C(O)C1O[C@@H](Oc2ccc3c(c2)C24CCCCC2C(C3)NCC4)C(O)C(O)[C@H]1O. The second-order valence-electron chi connectivity index (χ2n) is 9.20. The molecule has 8 heteroatoms. The maximum Gasteiger partial charge on any atom is 0.335 e. The van der Waals surface area contributed by atoms with Gasteiger partial charge in [-0.15, -0.1) is 0 Å². The van der Waals surface area contributed by atoms with Crippen molar-refractivity contribution in [3.8, 4) is 5.75 Å². The molecule has 30 heavy (non-hydrogen) atoms. The molecule has 1 aromatic carbocycles. The van der Waals surface area contributed by atoms with Crippen molar-refractivity contribution in [1.82, 2.24) is 5.32 Å². The third-order valence-electron chi connectivity index (χ3n) is 7.68. The zero-order valence-corrected chi connectivity index (χ0v) is 16.7. The van der Waals surface area contributed by atoms with Crippen LogP contribution in [-0.4, -0.2) is 69.7 Å². The Morgan fingerprint density at radius 3 is 2.77 bits per heavy atom. The van der Waals surface area contributed by atoms with Crippen LogP contribution in [0.4, 0.5) is 0 Å². The predicted octanol–water partition coefficient (Wildman–Crippen LogP) is 0.304. The van der Waals surface area contributed by atoms with Crippen LogP contribution in [0.5, 0.6) is 5.75 Å². The summed E-state index contributed by atoms with van der Waals surface area (Å²) in [4.78, 5) is 11.3. The molecule has 2 bridgehead atoms. The summed E-state index contributed by atoms with van der Waals surface area (Å²) in [5.74, 6) is -0.342. The van der Waals surface area contributed by atoms with Gasteiger partial charge in [-0.05, 0) is 61.4 Å². The van der Waals surface area contributed by atoms with Crippen LogP contribution in [0.15, 0.2) is 18.2 Å². The monoisotopic (exact) mass is 419 g/mol. The van der Waals surface area contributed by atoms with Crippen LogP contribution >= 0.6 is 0 Å². The molecule has 0 amide bonds. The number of aliphatic hydroxyl groups excluding tert-OH is 3. The molecular formula is C22H29NO7. The van der Waals surface area contributed by atoms with E-state index in [0.717, 1.165) is 25.8 Å². The fraction of sp³-hybridized carbons (Fsp3) is 0.682. The number of hydrogen-bond acceptors (Lipinski definition) is 7. The molecule has 8 nitrogen and oxygen atoms in total. The van der Waals surface area contributed by atoms with Gasteiger partial charge in [0.2, 0.25) is 6.29 Å². The maximum absolute atomic E-state index is 11.3. The first-order valence-corrected chi connectivity index (χ1v) is 10.9. The topological polar surface area (TPSA) is 128 Å². The van der Waals surface area contributed by atoms with Gasteiger partial charge in [-0.1, -0.05) is 18.9 Å². The molecule has 0 spiro atoms. The average Bonchev–Trinajstić information content (AvgIpc) is 2.74. The molecule has 5 N–H and O–H groups in total. The minimum atomic E-state index is -1.73. The summed E-state index contributed by atoms with van der Waals surface area (Å²) >= 11 is 0. The Hall–Kier alpha value is -1.71. The molecule has 2 saturated heterocycles. The summed E-state index contributed by atoms with van der Waals surface area (Å²) < 4.78 is 11.1. The number of aliphatic hydroxyl groups is 3. The van der Waals surface area contributed by atoms with Crippen molar-refractivity contribution in [2.45, 2.75) is 80.7 Å². The summed E-state index contributed by atoms with van der Waals surface area (Å²) in [5.41, 5.74) is 2.73. The van der Waals surface area contributed by atoms with E-state index in [9.17, 15) is 25.2 Å². The second kappa shape index (κ2) is 7.46. The zero-order chi connectivity index (χ0) is 21.0. The van der Waals surface area contributed by atoms with E-state index >= 15 is 0 Å². The van der Waals surface area contributed by atoms with Gasteiger partial charge in [0.25, 0.3) is 0 Å². The normalized spacial score (nSPS) is 42.7. The highest BCUT2D eigenvalue weighted by Crippen LogP contribution is 2.54. The lowest BCUT2D eigenvalue weighted by atomic mass is 9.53. The number of carboxylic acids is 1. The van der Waals surface area contributed by atoms with E-state index in [1.54, 1.807) is 6.07 Å². The van der Waals surface area contributed by atoms with Crippen molar-refractivity contribution in [1.29, 1.82) is 0 Å². The second-order valence-corrected chi connectivity index (χ2v) is 9.20. The molecule has 2 heterocycles. The quantitative estimate of drug-likeness (QED) is 0.473. The van der Waals surface area contributed by atoms with E-state index in [1.165, 1.54) is 30.4 Å². The number of fused-ring (bicyclic) bond motifs is 1. The van der Waals surface area contributed by atoms with E-state index in [1.807, 2.05) is 12.1 Å². The van der Waals surface area contributed by atoms with E-state index in [4.69, 9.17) is 9.47 Å². The lowest BCUT2D eigenvalue weighted by Crippen LogP contribution is -2.61. The number of hydrogen-bond donors (Lipinski definition) is 5. The van der Waals surface area contributed by atoms with Crippen LogP contribution in [0.3, 0.4) is 0 Å². The van der Waals surface area contributed by atoms with Crippen molar-refractivity contribution < 1.29 is 34.7 Å². The Kier molecular flexibility index (Phi) is 5.02. The first-order chi connectivity index (χ1) is 14.4. The summed E-state index contributed by atoms with van der Waals surface area (Å²) in [6.07, 6.45) is -1.10. The Morgan fingerprint density at radius 1 is 1.13 bits per heavy atom. The Balaban J connectivity index is 1.44. The van der Waals surface area contributed by atoms with Crippen LogP contribution in [0, 0.1) is 5.92 Å². The van der Waals surface area contributed by atoms with E-state index in [2.05, 4.69) is 5.32 Å². The van der Waals surface area contributed by atoms with Gasteiger partial charge in [-0.3, -0.25) is 0 Å². The van der Waals surface area contributed by atoms with Gasteiger partial charge in [-0.25, -0.2) is 4.79 Å². The summed E-state index contributed by atoms with van der Waals surface area (Å²) in [6.45, 7) is 1.00. The van der Waals surface area contributed by atoms with Gasteiger partial charge < -0.3 is 35.2 Å². The number of aliphatic carboxylic acids is 1. The molecule has 164 valence electrons. The molecule has 0 aromatic heterocycles. The van der Waals surface area contributed by atoms with E-state index in [-0.39, 0.29) is 5.41 Å². The molecular weight excluding hydrogens is 390 g/mol. The first-order valence-electron chi connectivity index (χ1n) is 10.9. The smallest absolute Gasteiger partial charge is 0.335 e. The number of rotatable bonds is 3. The third-order valence-corrected chi connectivity index (χ3v) is 7.68. The molecule has 6 unspecified atom stereocenters. The van der Waals surface area contributed by atoms with Gasteiger partial charge in [0.15, 0.2) is 6.10 Å². The van der Waals surface area contributed by atoms with Crippen LogP contribution in [0.1, 0.15) is 43.2 Å². The molecule has 2 aliphatic heterocycles. The molecule has 0 radical (unpaired) electrons. The van der Waals surface area contributed by atoms with Crippen molar-refractivity contribution in [3.05, 3.63) is 29.3 Å². The highest BCUT2D eigenvalue weighted by Gasteiger charge is 2.52. The zero-order valence-electron chi connectivity index (χ0n) is 16.7. The number of nitrogens with one attached hydrogen (secondary N) is 1. The van der Waals surface area contributed by atoms with Gasteiger partial charge >= 0.3 is 5.97 Å². The fourth-order valence-corrected chi connectivity index (χ4v) is 6.26. The maximum atomic E-state index is 11.3. The number of carbonyl (C=O) groups is 1. The molecule has 1 aromatic rings. The highest BCUT2D eigenvalue weighted by molar-refractivity contribution is 5.73. The Labute approximate surface area is 174 Å². The Morgan fingerprint density at radius 2 is 1.97 bits per heavy atom. The standard InChI is InChI=1S/C22H29NO7/c24-16-17(25)19(20(27)28)30-21(18(16)26)29-12-5-4-11-9-15-13-3-1-2-6-22(13,7-8-23-15)14(11)10-12/h4-5,10,13,15-19,21,23-26H,1-3,6-9H2,(H,27,28)/t13?,15?,16?,17-,18?,19?,21-,22?/m1/s1. The van der Waals surface area contributed by atoms with Crippen molar-refractivity contribution in [3.63, 3.8) is 0 Å². The summed E-state index contributed by atoms with van der Waals surface area (Å²) in [5, 5.41) is 43.1. The Bertz CT molecular complexity index is 828. The molecule has 3 fully saturated rings. The fourth-order valence-electron chi connectivity index (χ4n) is 6.26. The molecule has 1 saturated carbocycles. The van der Waals surface area contributed by atoms with Gasteiger partial charge in [-0.2, -0.15) is 0 Å². The minimum absolute atomic E-state index is 0.131. The summed E-state index contributed by atoms with van der Waals surface area (Å²) in [7, 11) is 0. The number of piperidine rings is 1. The molecule has 2 aliphatic carbocycles. The van der Waals surface area contributed by atoms with E-state index < -0.39 is 36.7 Å². The third kappa shape index (κ3) is 3.05. The molecule has 4 aliphatic rings. The lowest BCUT2D eigenvalue weighted by Gasteiger charge is -2.56. The van der Waals surface area contributed by atoms with Crippen LogP contribution in [-0.2, 0) is 21.4 Å². The van der Waals surface area contributed by atoms with Crippen molar-refractivity contribution >= 4 is 5.97 Å². The molecule has 5 rings (SSSR count). The van der Waals surface area contributed by atoms with Gasteiger partial charge in [0, 0.05) is 11.5 Å². The molecule has 8 atom stereocenters. The van der Waals surface area contributed by atoms with Crippen molar-refractivity contribution in [2.75, 3.05) is 6.54 Å². The highest BCUT2D eigenvalue weighted by atomic mass is 16.7. The number of carboxylic acid groups (broad SMARTS) is 1. The van der Waals surface area contributed by atoms with Gasteiger partial charge in [0.1, 0.15) is 24.1 Å². The van der Waals surface area contributed by atoms with E-state index in [0.29, 0.717) is 17.7 Å². The lowest BCUT2D eigenvalue weighted by molar-refractivity contribution is -0.271. The van der Waals surface area contributed by atoms with Crippen molar-refractivity contribution in [2.24, 2.45) is 5.92 Å². The largest absolute Gasteiger partial charge is 0.479 e.